The second-order valence-corrected chi connectivity index (χ2v) is 9.83. The zero-order chi connectivity index (χ0) is 30.6. The third kappa shape index (κ3) is 6.54. The second-order valence-electron chi connectivity index (χ2n) is 9.83. The summed E-state index contributed by atoms with van der Waals surface area (Å²) in [5, 5.41) is 19.2. The maximum atomic E-state index is 13.1. The number of nitro groups is 1. The molecular formula is C30H31N5O7. The van der Waals surface area contributed by atoms with Crippen molar-refractivity contribution < 1.29 is 28.8 Å². The van der Waals surface area contributed by atoms with E-state index in [1.165, 1.54) is 31.3 Å². The van der Waals surface area contributed by atoms with E-state index in [4.69, 9.17) is 9.47 Å². The maximum Gasteiger partial charge on any atom is 0.420 e. The van der Waals surface area contributed by atoms with Crippen LogP contribution in [0.1, 0.15) is 31.4 Å². The van der Waals surface area contributed by atoms with Crippen molar-refractivity contribution in [2.75, 3.05) is 17.4 Å². The molecule has 3 aromatic carbocycles. The highest BCUT2D eigenvalue weighted by atomic mass is 16.6. The summed E-state index contributed by atoms with van der Waals surface area (Å²) in [5.74, 6) is -0.613. The number of amidine groups is 1. The fraction of sp³-hybridized carbons (Fsp3) is 0.267. The Morgan fingerprint density at radius 2 is 1.83 bits per heavy atom. The van der Waals surface area contributed by atoms with Gasteiger partial charge in [-0.05, 0) is 69.2 Å². The summed E-state index contributed by atoms with van der Waals surface area (Å²) >= 11 is 0. The number of nitrogens with one attached hydrogen (secondary N) is 1. The molecule has 1 aliphatic heterocycles. The molecule has 12 heteroatoms. The predicted octanol–water partition coefficient (Wildman–Crippen LogP) is 5.43. The van der Waals surface area contributed by atoms with Gasteiger partial charge in [0.2, 0.25) is 0 Å². The summed E-state index contributed by atoms with van der Waals surface area (Å²) in [6, 6.07) is 17.4. The summed E-state index contributed by atoms with van der Waals surface area (Å²) in [5.41, 5.74) is 2.71. The SMILES string of the molecule is CCC(Oc1ccc(C)cc1C)C(=O)Nc1cccc(N2N=C(N(C)C(=O)Oc3ccc([N+](=O)[O-])cc3)C(C)C2=O)c1. The van der Waals surface area contributed by atoms with Crippen molar-refractivity contribution in [3.05, 3.63) is 88.0 Å². The van der Waals surface area contributed by atoms with Gasteiger partial charge < -0.3 is 14.8 Å². The van der Waals surface area contributed by atoms with Gasteiger partial charge in [-0.2, -0.15) is 10.1 Å². The minimum atomic E-state index is -0.820. The first-order valence-electron chi connectivity index (χ1n) is 13.3. The molecule has 0 radical (unpaired) electrons. The molecule has 1 N–H and O–H groups in total. The number of hydrazone groups is 1. The van der Waals surface area contributed by atoms with Crippen LogP contribution in [0.4, 0.5) is 21.9 Å². The molecule has 1 heterocycles. The second kappa shape index (κ2) is 12.5. The number of ether oxygens (including phenoxy) is 2. The normalized spacial score (nSPS) is 15.1. The highest BCUT2D eigenvalue weighted by molar-refractivity contribution is 6.17. The van der Waals surface area contributed by atoms with Gasteiger partial charge in [-0.25, -0.2) is 4.79 Å². The molecule has 3 amide bonds. The lowest BCUT2D eigenvalue weighted by Crippen LogP contribution is -2.38. The fourth-order valence-corrected chi connectivity index (χ4v) is 4.32. The molecule has 218 valence electrons. The largest absolute Gasteiger partial charge is 0.480 e. The van der Waals surface area contributed by atoms with E-state index in [-0.39, 0.29) is 29.1 Å². The summed E-state index contributed by atoms with van der Waals surface area (Å²) in [4.78, 5) is 50.3. The van der Waals surface area contributed by atoms with Gasteiger partial charge in [0.05, 0.1) is 16.5 Å². The van der Waals surface area contributed by atoms with Crippen LogP contribution in [-0.4, -0.2) is 46.7 Å². The standard InChI is InChI=1S/C30H31N5O7/c1-6-25(42-26-15-10-18(2)16-19(26)3)28(36)31-21-8-7-9-23(17-21)34-29(37)20(4)27(32-34)33(5)30(38)41-24-13-11-22(12-14-24)35(39)40/h7-17,20,25H,6H2,1-5H3,(H,31,36). The maximum absolute atomic E-state index is 13.1. The van der Waals surface area contributed by atoms with Gasteiger partial charge in [0.1, 0.15) is 17.3 Å². The lowest BCUT2D eigenvalue weighted by Gasteiger charge is -2.19. The van der Waals surface area contributed by atoms with Crippen molar-refractivity contribution in [2.45, 2.75) is 40.2 Å². The summed E-state index contributed by atoms with van der Waals surface area (Å²) in [6.45, 7) is 7.37. The molecule has 0 fully saturated rings. The number of carbonyl (C=O) groups is 3. The molecule has 0 aliphatic carbocycles. The first kappa shape index (κ1) is 29.7. The molecule has 42 heavy (non-hydrogen) atoms. The van der Waals surface area contributed by atoms with Crippen molar-refractivity contribution in [2.24, 2.45) is 11.0 Å². The van der Waals surface area contributed by atoms with Crippen molar-refractivity contribution in [1.82, 2.24) is 4.90 Å². The molecular weight excluding hydrogens is 542 g/mol. The number of nitro benzene ring substituents is 1. The van der Waals surface area contributed by atoms with E-state index >= 15 is 0 Å². The molecule has 1 aliphatic rings. The van der Waals surface area contributed by atoms with Crippen LogP contribution < -0.4 is 19.8 Å². The van der Waals surface area contributed by atoms with Crippen LogP contribution in [0.25, 0.3) is 0 Å². The number of nitrogens with zero attached hydrogens (tertiary/aromatic N) is 4. The molecule has 0 saturated carbocycles. The highest BCUT2D eigenvalue weighted by Gasteiger charge is 2.38. The molecule has 0 saturated heterocycles. The van der Waals surface area contributed by atoms with Gasteiger partial charge in [0, 0.05) is 24.9 Å². The zero-order valence-corrected chi connectivity index (χ0v) is 23.9. The van der Waals surface area contributed by atoms with Gasteiger partial charge in [0.15, 0.2) is 6.10 Å². The molecule has 4 rings (SSSR count). The molecule has 0 aromatic heterocycles. The summed E-state index contributed by atoms with van der Waals surface area (Å²) in [6.07, 6.45) is -1.11. The number of hydrogen-bond donors (Lipinski definition) is 1. The number of non-ortho nitro benzene ring substituents is 1. The van der Waals surface area contributed by atoms with E-state index in [0.29, 0.717) is 23.5 Å². The van der Waals surface area contributed by atoms with Crippen LogP contribution in [-0.2, 0) is 9.59 Å². The Morgan fingerprint density at radius 3 is 2.48 bits per heavy atom. The molecule has 0 bridgehead atoms. The van der Waals surface area contributed by atoms with Crippen LogP contribution in [0.2, 0.25) is 0 Å². The Morgan fingerprint density at radius 1 is 1.12 bits per heavy atom. The highest BCUT2D eigenvalue weighted by Crippen LogP contribution is 2.28. The lowest BCUT2D eigenvalue weighted by atomic mass is 10.1. The number of rotatable bonds is 8. The quantitative estimate of drug-likeness (QED) is 0.279. The first-order valence-corrected chi connectivity index (χ1v) is 13.3. The van der Waals surface area contributed by atoms with E-state index in [1.807, 2.05) is 39.0 Å². The third-order valence-corrected chi connectivity index (χ3v) is 6.66. The van der Waals surface area contributed by atoms with Crippen molar-refractivity contribution in [3.8, 4) is 11.5 Å². The fourth-order valence-electron chi connectivity index (χ4n) is 4.32. The molecule has 0 spiro atoms. The Bertz CT molecular complexity index is 1550. The number of anilines is 2. The van der Waals surface area contributed by atoms with Gasteiger partial charge in [-0.15, -0.1) is 0 Å². The van der Waals surface area contributed by atoms with Crippen LogP contribution in [0.15, 0.2) is 71.8 Å². The van der Waals surface area contributed by atoms with Crippen LogP contribution in [0, 0.1) is 29.9 Å². The van der Waals surface area contributed by atoms with E-state index in [9.17, 15) is 24.5 Å². The minimum Gasteiger partial charge on any atom is -0.480 e. The number of aryl methyl sites for hydroxylation is 2. The van der Waals surface area contributed by atoms with Gasteiger partial charge in [-0.3, -0.25) is 24.6 Å². The number of hydrogen-bond acceptors (Lipinski definition) is 8. The Labute approximate surface area is 242 Å². The zero-order valence-electron chi connectivity index (χ0n) is 23.9. The van der Waals surface area contributed by atoms with Gasteiger partial charge in [-0.1, -0.05) is 30.7 Å². The third-order valence-electron chi connectivity index (χ3n) is 6.66. The van der Waals surface area contributed by atoms with Gasteiger partial charge >= 0.3 is 6.09 Å². The Kier molecular flexibility index (Phi) is 8.84. The molecule has 12 nitrogen and oxygen atoms in total. The number of benzene rings is 3. The first-order chi connectivity index (χ1) is 20.0. The van der Waals surface area contributed by atoms with Crippen LogP contribution >= 0.6 is 0 Å². The number of amides is 3. The average Bonchev–Trinajstić information content (AvgIpc) is 3.26. The number of carbonyl (C=O) groups excluding carboxylic acids is 3. The van der Waals surface area contributed by atoms with E-state index < -0.39 is 23.0 Å². The van der Waals surface area contributed by atoms with Crippen molar-refractivity contribution >= 4 is 40.8 Å². The predicted molar refractivity (Wildman–Crippen MR) is 157 cm³/mol. The molecule has 3 aromatic rings. The smallest absolute Gasteiger partial charge is 0.420 e. The average molecular weight is 574 g/mol. The van der Waals surface area contributed by atoms with Crippen LogP contribution in [0.5, 0.6) is 11.5 Å². The van der Waals surface area contributed by atoms with E-state index in [2.05, 4.69) is 10.4 Å². The Balaban J connectivity index is 1.46. The van der Waals surface area contributed by atoms with Gasteiger partial charge in [0.25, 0.3) is 17.5 Å². The van der Waals surface area contributed by atoms with Crippen molar-refractivity contribution in [1.29, 1.82) is 0 Å². The van der Waals surface area contributed by atoms with E-state index in [1.54, 1.807) is 31.2 Å². The lowest BCUT2D eigenvalue weighted by molar-refractivity contribution is -0.384. The summed E-state index contributed by atoms with van der Waals surface area (Å²) < 4.78 is 11.3. The monoisotopic (exact) mass is 573 g/mol. The minimum absolute atomic E-state index is 0.0993. The van der Waals surface area contributed by atoms with E-state index in [0.717, 1.165) is 21.0 Å². The molecule has 2 unspecified atom stereocenters. The molecule has 2 atom stereocenters. The van der Waals surface area contributed by atoms with Crippen molar-refractivity contribution in [3.63, 3.8) is 0 Å². The van der Waals surface area contributed by atoms with Crippen LogP contribution in [0.3, 0.4) is 0 Å². The Hall–Kier alpha value is -5.26. The summed E-state index contributed by atoms with van der Waals surface area (Å²) in [7, 11) is 1.41. The topological polar surface area (TPSA) is 144 Å².